The second-order valence-corrected chi connectivity index (χ2v) is 3.55. The van der Waals surface area contributed by atoms with E-state index in [1.165, 1.54) is 5.56 Å². The Kier molecular flexibility index (Phi) is 3.53. The lowest BCUT2D eigenvalue weighted by Gasteiger charge is -2.16. The van der Waals surface area contributed by atoms with Crippen LogP contribution in [0, 0.1) is 11.3 Å². The minimum absolute atomic E-state index is 0.487. The Hall–Kier alpha value is -1.49. The van der Waals surface area contributed by atoms with Crippen LogP contribution in [0.4, 0.5) is 5.69 Å². The molecule has 1 aromatic carbocycles. The third kappa shape index (κ3) is 2.26. The van der Waals surface area contributed by atoms with Crippen LogP contribution in [-0.2, 0) is 12.8 Å². The summed E-state index contributed by atoms with van der Waals surface area (Å²) in [4.78, 5) is 2.05. The van der Waals surface area contributed by atoms with Crippen LogP contribution in [-0.4, -0.2) is 14.1 Å². The highest BCUT2D eigenvalue weighted by molar-refractivity contribution is 5.54. The number of nitrogens with zero attached hydrogens (tertiary/aromatic N) is 2. The van der Waals surface area contributed by atoms with E-state index in [0.717, 1.165) is 17.7 Å². The number of nitriles is 1. The predicted molar refractivity (Wildman–Crippen MR) is 59.5 cm³/mol. The first-order chi connectivity index (χ1) is 6.69. The summed E-state index contributed by atoms with van der Waals surface area (Å²) in [6, 6.07) is 8.54. The van der Waals surface area contributed by atoms with Crippen LogP contribution in [0.1, 0.15) is 18.1 Å². The average molecular weight is 188 g/mol. The lowest BCUT2D eigenvalue weighted by molar-refractivity contribution is 1.07. The number of anilines is 1. The van der Waals surface area contributed by atoms with Gasteiger partial charge in [-0.3, -0.25) is 0 Å². The lowest BCUT2D eigenvalue weighted by atomic mass is 10.0. The van der Waals surface area contributed by atoms with Crippen LogP contribution < -0.4 is 4.90 Å². The highest BCUT2D eigenvalue weighted by Gasteiger charge is 2.04. The van der Waals surface area contributed by atoms with E-state index in [9.17, 15) is 0 Å². The molecule has 1 aromatic rings. The van der Waals surface area contributed by atoms with Crippen molar-refractivity contribution in [2.24, 2.45) is 0 Å². The smallest absolute Gasteiger partial charge is 0.0670 e. The zero-order valence-electron chi connectivity index (χ0n) is 9.04. The molecule has 0 heterocycles. The maximum atomic E-state index is 8.72. The third-order valence-electron chi connectivity index (χ3n) is 2.30. The molecular formula is C12H16N2. The van der Waals surface area contributed by atoms with Gasteiger partial charge in [0.05, 0.1) is 12.5 Å². The van der Waals surface area contributed by atoms with Crippen LogP contribution in [0.5, 0.6) is 0 Å². The molecule has 0 aliphatic rings. The normalized spacial score (nSPS) is 9.57. The molecule has 0 radical (unpaired) electrons. The molecule has 0 fully saturated rings. The second-order valence-electron chi connectivity index (χ2n) is 3.55. The van der Waals surface area contributed by atoms with Crippen molar-refractivity contribution in [3.8, 4) is 6.07 Å². The van der Waals surface area contributed by atoms with Crippen LogP contribution in [0.2, 0.25) is 0 Å². The fraction of sp³-hybridized carbons (Fsp3) is 0.417. The summed E-state index contributed by atoms with van der Waals surface area (Å²) in [5, 5.41) is 8.72. The highest BCUT2D eigenvalue weighted by atomic mass is 15.1. The van der Waals surface area contributed by atoms with Gasteiger partial charge in [-0.05, 0) is 23.6 Å². The van der Waals surface area contributed by atoms with Crippen molar-refractivity contribution in [2.45, 2.75) is 19.8 Å². The number of benzene rings is 1. The maximum absolute atomic E-state index is 8.72. The van der Waals surface area contributed by atoms with E-state index in [-0.39, 0.29) is 0 Å². The molecule has 0 aliphatic heterocycles. The van der Waals surface area contributed by atoms with Crippen LogP contribution in [0.3, 0.4) is 0 Å². The Morgan fingerprint density at radius 1 is 1.36 bits per heavy atom. The molecule has 14 heavy (non-hydrogen) atoms. The quantitative estimate of drug-likeness (QED) is 0.728. The summed E-state index contributed by atoms with van der Waals surface area (Å²) in [5.74, 6) is 0. The van der Waals surface area contributed by atoms with E-state index >= 15 is 0 Å². The molecule has 0 N–H and O–H groups in total. The summed E-state index contributed by atoms with van der Waals surface area (Å²) < 4.78 is 0. The Bertz CT molecular complexity index is 348. The van der Waals surface area contributed by atoms with Gasteiger partial charge >= 0.3 is 0 Å². The largest absolute Gasteiger partial charge is 0.377 e. The summed E-state index contributed by atoms with van der Waals surface area (Å²) in [7, 11) is 4.00. The van der Waals surface area contributed by atoms with Gasteiger partial charge in [-0.15, -0.1) is 0 Å². The molecule has 0 aromatic heterocycles. The van der Waals surface area contributed by atoms with Gasteiger partial charge < -0.3 is 4.90 Å². The zero-order chi connectivity index (χ0) is 10.6. The Labute approximate surface area is 85.8 Å². The third-order valence-corrected chi connectivity index (χ3v) is 2.30. The fourth-order valence-electron chi connectivity index (χ4n) is 1.52. The van der Waals surface area contributed by atoms with Crippen molar-refractivity contribution >= 4 is 5.69 Å². The number of hydrogen-bond donors (Lipinski definition) is 0. The van der Waals surface area contributed by atoms with Gasteiger partial charge in [-0.25, -0.2) is 0 Å². The second kappa shape index (κ2) is 4.66. The van der Waals surface area contributed by atoms with Crippen molar-refractivity contribution in [1.29, 1.82) is 5.26 Å². The van der Waals surface area contributed by atoms with Gasteiger partial charge in [0.2, 0.25) is 0 Å². The summed E-state index contributed by atoms with van der Waals surface area (Å²) in [5.41, 5.74) is 3.56. The molecular weight excluding hydrogens is 172 g/mol. The van der Waals surface area contributed by atoms with E-state index in [4.69, 9.17) is 5.26 Å². The first-order valence-corrected chi connectivity index (χ1v) is 4.85. The predicted octanol–water partition coefficient (Wildman–Crippen LogP) is 2.38. The van der Waals surface area contributed by atoms with Gasteiger partial charge in [0.1, 0.15) is 0 Å². The van der Waals surface area contributed by atoms with Gasteiger partial charge in [-0.2, -0.15) is 5.26 Å². The molecule has 0 bridgehead atoms. The summed E-state index contributed by atoms with van der Waals surface area (Å²) >= 11 is 0. The lowest BCUT2D eigenvalue weighted by Crippen LogP contribution is -2.11. The molecule has 74 valence electrons. The molecule has 0 saturated heterocycles. The number of hydrogen-bond acceptors (Lipinski definition) is 2. The van der Waals surface area contributed by atoms with E-state index < -0.39 is 0 Å². The first-order valence-electron chi connectivity index (χ1n) is 4.85. The fourth-order valence-corrected chi connectivity index (χ4v) is 1.52. The van der Waals surface area contributed by atoms with Crippen molar-refractivity contribution in [3.63, 3.8) is 0 Å². The molecule has 0 amide bonds. The standard InChI is InChI=1S/C12H16N2/c1-4-10-5-6-12(14(2)3)11(9-10)7-8-13/h5-6,9H,4,7H2,1-3H3. The van der Waals surface area contributed by atoms with E-state index in [0.29, 0.717) is 6.42 Å². The molecule has 0 saturated carbocycles. The van der Waals surface area contributed by atoms with Crippen LogP contribution >= 0.6 is 0 Å². The van der Waals surface area contributed by atoms with Crippen molar-refractivity contribution in [1.82, 2.24) is 0 Å². The van der Waals surface area contributed by atoms with E-state index in [1.807, 2.05) is 19.0 Å². The summed E-state index contributed by atoms with van der Waals surface area (Å²) in [6.45, 7) is 2.13. The number of rotatable bonds is 3. The molecule has 2 nitrogen and oxygen atoms in total. The average Bonchev–Trinajstić information content (AvgIpc) is 2.17. The van der Waals surface area contributed by atoms with Crippen LogP contribution in [0.25, 0.3) is 0 Å². The number of aryl methyl sites for hydroxylation is 1. The van der Waals surface area contributed by atoms with E-state index in [2.05, 4.69) is 31.2 Å². The highest BCUT2D eigenvalue weighted by Crippen LogP contribution is 2.20. The Balaban J connectivity index is 3.11. The first kappa shape index (κ1) is 10.6. The van der Waals surface area contributed by atoms with Gasteiger partial charge in [0.25, 0.3) is 0 Å². The van der Waals surface area contributed by atoms with Crippen molar-refractivity contribution in [2.75, 3.05) is 19.0 Å². The molecule has 1 rings (SSSR count). The van der Waals surface area contributed by atoms with Crippen molar-refractivity contribution < 1.29 is 0 Å². The maximum Gasteiger partial charge on any atom is 0.0670 e. The molecule has 0 spiro atoms. The molecule has 0 unspecified atom stereocenters. The van der Waals surface area contributed by atoms with Gasteiger partial charge in [0.15, 0.2) is 0 Å². The zero-order valence-corrected chi connectivity index (χ0v) is 9.04. The minimum atomic E-state index is 0.487. The Morgan fingerprint density at radius 2 is 2.07 bits per heavy atom. The van der Waals surface area contributed by atoms with E-state index in [1.54, 1.807) is 0 Å². The molecule has 0 atom stereocenters. The molecule has 0 aliphatic carbocycles. The van der Waals surface area contributed by atoms with Gasteiger partial charge in [0, 0.05) is 19.8 Å². The SMILES string of the molecule is CCc1ccc(N(C)C)c(CC#N)c1. The topological polar surface area (TPSA) is 27.0 Å². The monoisotopic (exact) mass is 188 g/mol. The minimum Gasteiger partial charge on any atom is -0.377 e. The van der Waals surface area contributed by atoms with Crippen molar-refractivity contribution in [3.05, 3.63) is 29.3 Å². The van der Waals surface area contributed by atoms with Crippen LogP contribution in [0.15, 0.2) is 18.2 Å². The molecule has 2 heteroatoms. The summed E-state index contributed by atoms with van der Waals surface area (Å²) in [6.07, 6.45) is 1.51. The Morgan fingerprint density at radius 3 is 2.57 bits per heavy atom. The van der Waals surface area contributed by atoms with Gasteiger partial charge in [-0.1, -0.05) is 19.1 Å².